The standard InChI is InChI=1S/C21H30F3N3S/c1-13(2)27-17(10-18(25-27)21(22,23)24)19-15-8-14(9-16(15)19)26-6-3-4-20(11-26)5-7-28-12-20/h10,13-16,19H,3-9,11-12H2,1-2H3/t14?,15-,16-,19?,20-/m0/s1. The summed E-state index contributed by atoms with van der Waals surface area (Å²) in [6.07, 6.45) is 2.01. The fourth-order valence-electron chi connectivity index (χ4n) is 6.29. The van der Waals surface area contributed by atoms with Gasteiger partial charge < -0.3 is 0 Å². The first-order chi connectivity index (χ1) is 13.3. The molecule has 1 spiro atoms. The molecule has 2 saturated heterocycles. The van der Waals surface area contributed by atoms with E-state index in [1.54, 1.807) is 4.68 Å². The van der Waals surface area contributed by atoms with E-state index in [1.807, 2.05) is 13.8 Å². The van der Waals surface area contributed by atoms with Crippen molar-refractivity contribution in [3.05, 3.63) is 17.5 Å². The summed E-state index contributed by atoms with van der Waals surface area (Å²) in [7, 11) is 0. The maximum Gasteiger partial charge on any atom is 0.435 e. The SMILES string of the molecule is CC(C)n1nc(C(F)(F)F)cc1C1[C@H]2CC(N3CCC[C@]4(CCSC4)C3)C[C@H]12. The summed E-state index contributed by atoms with van der Waals surface area (Å²) in [5, 5.41) is 3.91. The Morgan fingerprint density at radius 2 is 1.96 bits per heavy atom. The second-order valence-corrected chi connectivity index (χ2v) is 11.0. The molecule has 3 atom stereocenters. The van der Waals surface area contributed by atoms with Crippen molar-refractivity contribution < 1.29 is 13.2 Å². The van der Waals surface area contributed by atoms with Gasteiger partial charge in [-0.05, 0) is 81.6 Å². The van der Waals surface area contributed by atoms with Gasteiger partial charge in [-0.15, -0.1) is 0 Å². The Balaban J connectivity index is 1.28. The Hall–Kier alpha value is -0.690. The first-order valence-corrected chi connectivity index (χ1v) is 11.9. The molecule has 4 aliphatic rings. The van der Waals surface area contributed by atoms with E-state index in [-0.39, 0.29) is 12.0 Å². The summed E-state index contributed by atoms with van der Waals surface area (Å²) in [6, 6.07) is 1.93. The number of likely N-dealkylation sites (tertiary alicyclic amines) is 1. The number of aromatic nitrogens is 2. The summed E-state index contributed by atoms with van der Waals surface area (Å²) in [4.78, 5) is 2.74. The van der Waals surface area contributed by atoms with E-state index in [4.69, 9.17) is 0 Å². The predicted molar refractivity (Wildman–Crippen MR) is 106 cm³/mol. The van der Waals surface area contributed by atoms with Crippen LogP contribution in [0, 0.1) is 17.3 Å². The molecule has 0 N–H and O–H groups in total. The topological polar surface area (TPSA) is 21.1 Å². The normalized spacial score (nSPS) is 36.6. The zero-order valence-electron chi connectivity index (χ0n) is 16.7. The zero-order valence-corrected chi connectivity index (χ0v) is 17.5. The monoisotopic (exact) mass is 413 g/mol. The van der Waals surface area contributed by atoms with Gasteiger partial charge in [-0.2, -0.15) is 30.0 Å². The van der Waals surface area contributed by atoms with Crippen molar-refractivity contribution >= 4 is 11.8 Å². The highest BCUT2D eigenvalue weighted by Crippen LogP contribution is 2.64. The van der Waals surface area contributed by atoms with Crippen molar-refractivity contribution in [2.45, 2.75) is 70.1 Å². The first kappa shape index (κ1) is 19.3. The summed E-state index contributed by atoms with van der Waals surface area (Å²) < 4.78 is 41.2. The number of rotatable bonds is 3. The minimum Gasteiger partial charge on any atom is -0.300 e. The summed E-state index contributed by atoms with van der Waals surface area (Å²) in [5.41, 5.74) is 0.639. The fourth-order valence-corrected chi connectivity index (χ4v) is 7.82. The van der Waals surface area contributed by atoms with Gasteiger partial charge in [0, 0.05) is 36.0 Å². The van der Waals surface area contributed by atoms with Gasteiger partial charge in [0.05, 0.1) is 0 Å². The molecule has 28 heavy (non-hydrogen) atoms. The summed E-state index contributed by atoms with van der Waals surface area (Å²) >= 11 is 2.11. The van der Waals surface area contributed by atoms with Gasteiger partial charge in [-0.25, -0.2) is 0 Å². The molecule has 1 aromatic rings. The lowest BCUT2D eigenvalue weighted by Gasteiger charge is -2.43. The Morgan fingerprint density at radius 3 is 2.57 bits per heavy atom. The zero-order chi connectivity index (χ0) is 19.7. The largest absolute Gasteiger partial charge is 0.435 e. The van der Waals surface area contributed by atoms with Crippen molar-refractivity contribution in [3.63, 3.8) is 0 Å². The molecule has 2 saturated carbocycles. The molecule has 0 unspecified atom stereocenters. The molecule has 0 bridgehead atoms. The highest BCUT2D eigenvalue weighted by Gasteiger charge is 2.59. The van der Waals surface area contributed by atoms with Crippen LogP contribution >= 0.6 is 11.8 Å². The van der Waals surface area contributed by atoms with Crippen molar-refractivity contribution in [2.24, 2.45) is 17.3 Å². The highest BCUT2D eigenvalue weighted by atomic mass is 32.2. The van der Waals surface area contributed by atoms with Crippen LogP contribution in [0.1, 0.15) is 69.3 Å². The second kappa shape index (κ2) is 6.66. The van der Waals surface area contributed by atoms with Crippen molar-refractivity contribution in [3.8, 4) is 0 Å². The fraction of sp³-hybridized carbons (Fsp3) is 0.857. The number of nitrogens with zero attached hydrogens (tertiary/aromatic N) is 3. The molecule has 7 heteroatoms. The van der Waals surface area contributed by atoms with Gasteiger partial charge in [0.2, 0.25) is 0 Å². The molecule has 0 aromatic carbocycles. The number of hydrogen-bond donors (Lipinski definition) is 0. The molecule has 3 nitrogen and oxygen atoms in total. The number of thioether (sulfide) groups is 1. The molecule has 0 amide bonds. The molecule has 2 aliphatic carbocycles. The third kappa shape index (κ3) is 3.21. The number of alkyl halides is 3. The van der Waals surface area contributed by atoms with E-state index in [1.165, 1.54) is 49.9 Å². The van der Waals surface area contributed by atoms with Gasteiger partial charge in [0.25, 0.3) is 0 Å². The minimum absolute atomic E-state index is 0.0370. The van der Waals surface area contributed by atoms with Crippen molar-refractivity contribution in [1.82, 2.24) is 14.7 Å². The molecule has 0 radical (unpaired) electrons. The molecule has 4 fully saturated rings. The highest BCUT2D eigenvalue weighted by molar-refractivity contribution is 7.99. The molecule has 3 heterocycles. The van der Waals surface area contributed by atoms with Gasteiger partial charge in [-0.1, -0.05) is 0 Å². The van der Waals surface area contributed by atoms with Crippen LogP contribution in [0.5, 0.6) is 0 Å². The third-order valence-electron chi connectivity index (χ3n) is 7.70. The maximum atomic E-state index is 13.2. The lowest BCUT2D eigenvalue weighted by Crippen LogP contribution is -2.47. The molecule has 2 aliphatic heterocycles. The van der Waals surface area contributed by atoms with Crippen LogP contribution in [-0.2, 0) is 6.18 Å². The average Bonchev–Trinajstić information content (AvgIpc) is 3.11. The van der Waals surface area contributed by atoms with Crippen LogP contribution in [0.3, 0.4) is 0 Å². The Labute approximate surface area is 169 Å². The van der Waals surface area contributed by atoms with Crippen LogP contribution in [0.4, 0.5) is 13.2 Å². The Kier molecular flexibility index (Phi) is 4.59. The molecule has 156 valence electrons. The number of hydrogen-bond acceptors (Lipinski definition) is 3. The van der Waals surface area contributed by atoms with E-state index in [2.05, 4.69) is 21.8 Å². The number of piperidine rings is 1. The van der Waals surface area contributed by atoms with Gasteiger partial charge in [-0.3, -0.25) is 9.58 Å². The van der Waals surface area contributed by atoms with Crippen LogP contribution < -0.4 is 0 Å². The van der Waals surface area contributed by atoms with E-state index in [0.29, 0.717) is 23.3 Å². The van der Waals surface area contributed by atoms with Crippen molar-refractivity contribution in [1.29, 1.82) is 0 Å². The smallest absolute Gasteiger partial charge is 0.300 e. The van der Waals surface area contributed by atoms with Crippen LogP contribution in [-0.4, -0.2) is 45.3 Å². The van der Waals surface area contributed by atoms with Gasteiger partial charge >= 0.3 is 6.18 Å². The van der Waals surface area contributed by atoms with E-state index in [0.717, 1.165) is 18.5 Å². The summed E-state index contributed by atoms with van der Waals surface area (Å²) in [5.74, 6) is 4.02. The second-order valence-electron chi connectivity index (χ2n) is 9.85. The van der Waals surface area contributed by atoms with Crippen LogP contribution in [0.15, 0.2) is 6.07 Å². The van der Waals surface area contributed by atoms with Gasteiger partial charge in [0.15, 0.2) is 5.69 Å². The molecular formula is C21H30F3N3S. The maximum absolute atomic E-state index is 13.2. The first-order valence-electron chi connectivity index (χ1n) is 10.8. The Morgan fingerprint density at radius 1 is 1.21 bits per heavy atom. The molecular weight excluding hydrogens is 383 g/mol. The van der Waals surface area contributed by atoms with Crippen molar-refractivity contribution in [2.75, 3.05) is 24.6 Å². The average molecular weight is 414 g/mol. The predicted octanol–water partition coefficient (Wildman–Crippen LogP) is 5.19. The third-order valence-corrected chi connectivity index (χ3v) is 9.01. The van der Waals surface area contributed by atoms with E-state index < -0.39 is 11.9 Å². The van der Waals surface area contributed by atoms with Crippen LogP contribution in [0.2, 0.25) is 0 Å². The number of halogens is 3. The molecule has 1 aromatic heterocycles. The lowest BCUT2D eigenvalue weighted by atomic mass is 9.79. The lowest BCUT2D eigenvalue weighted by molar-refractivity contribution is -0.141. The molecule has 5 rings (SSSR count). The van der Waals surface area contributed by atoms with Gasteiger partial charge in [0.1, 0.15) is 0 Å². The minimum atomic E-state index is -4.36. The number of fused-ring (bicyclic) bond motifs is 1. The quantitative estimate of drug-likeness (QED) is 0.680. The van der Waals surface area contributed by atoms with E-state index >= 15 is 0 Å². The van der Waals surface area contributed by atoms with E-state index in [9.17, 15) is 13.2 Å². The Bertz CT molecular complexity index is 726. The summed E-state index contributed by atoms with van der Waals surface area (Å²) in [6.45, 7) is 6.30. The van der Waals surface area contributed by atoms with Crippen LogP contribution in [0.25, 0.3) is 0 Å².